The predicted molar refractivity (Wildman–Crippen MR) is 111 cm³/mol. The largest absolute Gasteiger partial charge is 0.489 e. The van der Waals surface area contributed by atoms with E-state index in [1.165, 1.54) is 0 Å². The molecule has 2 fully saturated rings. The second-order valence-corrected chi connectivity index (χ2v) is 7.86. The molecular weight excluding hydrogens is 366 g/mol. The minimum Gasteiger partial charge on any atom is -0.489 e. The van der Waals surface area contributed by atoms with Gasteiger partial charge in [-0.2, -0.15) is 0 Å². The Balaban J connectivity index is 0.000000294. The van der Waals surface area contributed by atoms with E-state index in [4.69, 9.17) is 4.74 Å². The summed E-state index contributed by atoms with van der Waals surface area (Å²) in [5, 5.41) is 9.04. The van der Waals surface area contributed by atoms with E-state index in [2.05, 4.69) is 16.0 Å². The lowest BCUT2D eigenvalue weighted by atomic mass is 10.0. The molecule has 2 aromatic carbocycles. The number of fused-ring (bicyclic) bond motifs is 2. The van der Waals surface area contributed by atoms with E-state index in [1.54, 1.807) is 13.1 Å². The standard InChI is InChI=1S/C17H21N3O3.C6H6/c1-8-3-9-4-10(5-11(15(9)23-8)17(22)18-2)16(21)20-14-12-6-19-7-13(12)14;1-2-4-6-5-3-1/h4-5,8,12-14,19H,3,6-7H2,1-2H3,(H,18,22)(H,20,21);1-6H. The lowest BCUT2D eigenvalue weighted by molar-refractivity contribution is 0.0946. The minimum absolute atomic E-state index is 0.0283. The van der Waals surface area contributed by atoms with Crippen LogP contribution in [0.2, 0.25) is 0 Å². The first kappa shape index (κ1) is 19.5. The monoisotopic (exact) mass is 393 g/mol. The molecule has 0 radical (unpaired) electrons. The smallest absolute Gasteiger partial charge is 0.254 e. The molecule has 2 amide bonds. The quantitative estimate of drug-likeness (QED) is 0.745. The van der Waals surface area contributed by atoms with E-state index < -0.39 is 0 Å². The van der Waals surface area contributed by atoms with Gasteiger partial charge in [0, 0.05) is 38.2 Å². The highest BCUT2D eigenvalue weighted by atomic mass is 16.5. The van der Waals surface area contributed by atoms with Crippen molar-refractivity contribution in [2.45, 2.75) is 25.5 Å². The van der Waals surface area contributed by atoms with Crippen molar-refractivity contribution in [1.82, 2.24) is 16.0 Å². The molecule has 2 aliphatic heterocycles. The molecule has 6 nitrogen and oxygen atoms in total. The van der Waals surface area contributed by atoms with Crippen molar-refractivity contribution in [3.8, 4) is 5.75 Å². The molecule has 1 saturated heterocycles. The Bertz CT molecular complexity index is 863. The zero-order valence-corrected chi connectivity index (χ0v) is 16.8. The van der Waals surface area contributed by atoms with E-state index in [0.29, 0.717) is 28.7 Å². The zero-order valence-electron chi connectivity index (χ0n) is 16.8. The first-order valence-electron chi connectivity index (χ1n) is 10.2. The Kier molecular flexibility index (Phi) is 5.53. The van der Waals surface area contributed by atoms with Crippen molar-refractivity contribution in [2.75, 3.05) is 20.1 Å². The van der Waals surface area contributed by atoms with Crippen LogP contribution >= 0.6 is 0 Å². The fourth-order valence-electron chi connectivity index (χ4n) is 4.22. The van der Waals surface area contributed by atoms with Gasteiger partial charge in [-0.05, 0) is 36.5 Å². The summed E-state index contributed by atoms with van der Waals surface area (Å²) < 4.78 is 5.75. The highest BCUT2D eigenvalue weighted by Gasteiger charge is 2.53. The van der Waals surface area contributed by atoms with Crippen molar-refractivity contribution >= 4 is 11.8 Å². The van der Waals surface area contributed by atoms with Crippen LogP contribution in [0.3, 0.4) is 0 Å². The molecule has 3 unspecified atom stereocenters. The van der Waals surface area contributed by atoms with Gasteiger partial charge in [0.05, 0.1) is 5.56 Å². The third-order valence-electron chi connectivity index (χ3n) is 5.78. The Morgan fingerprint density at radius 3 is 2.21 bits per heavy atom. The summed E-state index contributed by atoms with van der Waals surface area (Å²) in [6, 6.07) is 15.8. The summed E-state index contributed by atoms with van der Waals surface area (Å²) in [7, 11) is 1.58. The number of amides is 2. The predicted octanol–water partition coefficient (Wildman–Crippen LogP) is 2.00. The highest BCUT2D eigenvalue weighted by molar-refractivity contribution is 6.02. The summed E-state index contributed by atoms with van der Waals surface area (Å²) in [4.78, 5) is 24.7. The first-order chi connectivity index (χ1) is 14.1. The normalized spacial score (nSPS) is 25.6. The molecule has 6 heteroatoms. The number of carbonyl (C=O) groups excluding carboxylic acids is 2. The number of hydrogen-bond donors (Lipinski definition) is 3. The molecule has 29 heavy (non-hydrogen) atoms. The van der Waals surface area contributed by atoms with E-state index in [1.807, 2.05) is 49.4 Å². The average Bonchev–Trinajstić information content (AvgIpc) is 3.09. The molecule has 3 aliphatic rings. The molecule has 0 bridgehead atoms. The highest BCUT2D eigenvalue weighted by Crippen LogP contribution is 2.42. The van der Waals surface area contributed by atoms with Crippen molar-refractivity contribution in [1.29, 1.82) is 0 Å². The summed E-state index contributed by atoms with van der Waals surface area (Å²) >= 11 is 0. The number of carbonyl (C=O) groups is 2. The SMILES string of the molecule is CNC(=O)c1cc(C(=O)NC2C3CNCC32)cc2c1OC(C)C2.c1ccccc1. The van der Waals surface area contributed by atoms with Gasteiger partial charge in [-0.3, -0.25) is 9.59 Å². The lowest BCUT2D eigenvalue weighted by Gasteiger charge is -2.12. The maximum absolute atomic E-state index is 12.6. The summed E-state index contributed by atoms with van der Waals surface area (Å²) in [5.74, 6) is 1.42. The van der Waals surface area contributed by atoms with Crippen LogP contribution in [0.15, 0.2) is 48.5 Å². The molecule has 5 rings (SSSR count). The number of benzene rings is 2. The lowest BCUT2D eigenvalue weighted by Crippen LogP contribution is -2.32. The second kappa shape index (κ2) is 8.25. The fraction of sp³-hybridized carbons (Fsp3) is 0.391. The summed E-state index contributed by atoms with van der Waals surface area (Å²) in [5.41, 5.74) is 1.91. The van der Waals surface area contributed by atoms with Crippen LogP contribution in [0.4, 0.5) is 0 Å². The van der Waals surface area contributed by atoms with Crippen molar-refractivity contribution in [3.05, 3.63) is 65.2 Å². The average molecular weight is 393 g/mol. The zero-order chi connectivity index (χ0) is 20.4. The number of nitrogens with one attached hydrogen (secondary N) is 3. The van der Waals surface area contributed by atoms with Crippen LogP contribution in [0.1, 0.15) is 33.2 Å². The van der Waals surface area contributed by atoms with E-state index in [9.17, 15) is 9.59 Å². The third-order valence-corrected chi connectivity index (χ3v) is 5.78. The maximum Gasteiger partial charge on any atom is 0.254 e. The molecule has 3 atom stereocenters. The topological polar surface area (TPSA) is 79.5 Å². The van der Waals surface area contributed by atoms with Crippen molar-refractivity contribution in [2.24, 2.45) is 11.8 Å². The Morgan fingerprint density at radius 1 is 1.00 bits per heavy atom. The van der Waals surface area contributed by atoms with Gasteiger partial charge in [-0.25, -0.2) is 0 Å². The molecule has 0 aromatic heterocycles. The van der Waals surface area contributed by atoms with Crippen LogP contribution in [0.5, 0.6) is 5.75 Å². The molecular formula is C23H27N3O3. The van der Waals surface area contributed by atoms with Crippen molar-refractivity contribution in [3.63, 3.8) is 0 Å². The van der Waals surface area contributed by atoms with Crippen LogP contribution in [-0.4, -0.2) is 44.1 Å². The van der Waals surface area contributed by atoms with Crippen LogP contribution in [0.25, 0.3) is 0 Å². The van der Waals surface area contributed by atoms with E-state index in [-0.39, 0.29) is 24.0 Å². The molecule has 0 spiro atoms. The van der Waals surface area contributed by atoms with Gasteiger partial charge in [0.25, 0.3) is 11.8 Å². The van der Waals surface area contributed by atoms with Gasteiger partial charge >= 0.3 is 0 Å². The second-order valence-electron chi connectivity index (χ2n) is 7.86. The Hall–Kier alpha value is -2.86. The van der Waals surface area contributed by atoms with E-state index in [0.717, 1.165) is 25.1 Å². The molecule has 1 saturated carbocycles. The number of hydrogen-bond acceptors (Lipinski definition) is 4. The van der Waals surface area contributed by atoms with Gasteiger partial charge in [0.1, 0.15) is 11.9 Å². The molecule has 1 aliphatic carbocycles. The van der Waals surface area contributed by atoms with Crippen LogP contribution in [0, 0.1) is 11.8 Å². The number of piperidine rings is 1. The fourth-order valence-corrected chi connectivity index (χ4v) is 4.22. The van der Waals surface area contributed by atoms with Gasteiger partial charge in [-0.15, -0.1) is 0 Å². The first-order valence-corrected chi connectivity index (χ1v) is 10.2. The van der Waals surface area contributed by atoms with E-state index >= 15 is 0 Å². The molecule has 152 valence electrons. The number of ether oxygens (including phenoxy) is 1. The molecule has 2 heterocycles. The van der Waals surface area contributed by atoms with Crippen molar-refractivity contribution < 1.29 is 14.3 Å². The minimum atomic E-state index is -0.225. The summed E-state index contributed by atoms with van der Waals surface area (Å²) in [6.45, 7) is 3.93. The van der Waals surface area contributed by atoms with Gasteiger partial charge < -0.3 is 20.7 Å². The van der Waals surface area contributed by atoms with Crippen LogP contribution in [-0.2, 0) is 6.42 Å². The number of rotatable bonds is 3. The van der Waals surface area contributed by atoms with Gasteiger partial charge in [0.2, 0.25) is 0 Å². The van der Waals surface area contributed by atoms with Gasteiger partial charge in [-0.1, -0.05) is 36.4 Å². The van der Waals surface area contributed by atoms with Gasteiger partial charge in [0.15, 0.2) is 0 Å². The van der Waals surface area contributed by atoms with Crippen LogP contribution < -0.4 is 20.7 Å². The third kappa shape index (κ3) is 4.12. The Labute approximate surface area is 171 Å². The molecule has 2 aromatic rings. The summed E-state index contributed by atoms with van der Waals surface area (Å²) in [6.07, 6.45) is 0.750. The Morgan fingerprint density at radius 2 is 1.62 bits per heavy atom. The molecule has 3 N–H and O–H groups in total. The maximum atomic E-state index is 12.6.